The predicted octanol–water partition coefficient (Wildman–Crippen LogP) is 2.59. The predicted molar refractivity (Wildman–Crippen MR) is 88.2 cm³/mol. The monoisotopic (exact) mass is 313 g/mol. The number of nitrogens with one attached hydrogen (secondary N) is 1. The third-order valence-electron chi connectivity index (χ3n) is 4.34. The molecule has 0 unspecified atom stereocenters. The zero-order chi connectivity index (χ0) is 16.1. The molecule has 23 heavy (non-hydrogen) atoms. The van der Waals surface area contributed by atoms with E-state index in [9.17, 15) is 4.79 Å². The lowest BCUT2D eigenvalue weighted by atomic mass is 10.0. The van der Waals surface area contributed by atoms with E-state index in [4.69, 9.17) is 0 Å². The van der Waals surface area contributed by atoms with Gasteiger partial charge in [-0.15, -0.1) is 10.2 Å². The number of benzene rings is 1. The van der Waals surface area contributed by atoms with Crippen LogP contribution in [-0.4, -0.2) is 33.1 Å². The van der Waals surface area contributed by atoms with Crippen molar-refractivity contribution in [3.05, 3.63) is 35.2 Å². The third kappa shape index (κ3) is 3.94. The summed E-state index contributed by atoms with van der Waals surface area (Å²) in [6, 6.07) is 6.46. The Hall–Kier alpha value is -2.24. The van der Waals surface area contributed by atoms with Crippen molar-refractivity contribution in [1.82, 2.24) is 20.6 Å². The maximum Gasteiger partial charge on any atom is 0.226 e. The molecule has 1 N–H and O–H groups in total. The van der Waals surface area contributed by atoms with Gasteiger partial charge >= 0.3 is 0 Å². The molecule has 1 aromatic heterocycles. The summed E-state index contributed by atoms with van der Waals surface area (Å²) in [4.78, 5) is 14.7. The van der Waals surface area contributed by atoms with Gasteiger partial charge in [-0.2, -0.15) is 5.21 Å². The first kappa shape index (κ1) is 15.6. The molecule has 3 rings (SSSR count). The molecule has 0 saturated carbocycles. The van der Waals surface area contributed by atoms with Gasteiger partial charge in [0.15, 0.2) is 5.82 Å². The summed E-state index contributed by atoms with van der Waals surface area (Å²) in [6.45, 7) is 2.92. The Bertz CT molecular complexity index is 653. The Morgan fingerprint density at radius 3 is 3.04 bits per heavy atom. The van der Waals surface area contributed by atoms with E-state index in [-0.39, 0.29) is 5.91 Å². The minimum atomic E-state index is 0.229. The lowest BCUT2D eigenvalue weighted by molar-refractivity contribution is -0.118. The van der Waals surface area contributed by atoms with Gasteiger partial charge < -0.3 is 4.90 Å². The van der Waals surface area contributed by atoms with Gasteiger partial charge in [0.1, 0.15) is 0 Å². The maximum absolute atomic E-state index is 12.7. The third-order valence-corrected chi connectivity index (χ3v) is 4.34. The second-order valence-electron chi connectivity index (χ2n) is 6.17. The number of hydrogen-bond donors (Lipinski definition) is 1. The SMILES string of the molecule is Cc1ccc2c(c1)N(C(=O)CCCCc1nn[nH]n1)CCCC2. The van der Waals surface area contributed by atoms with Gasteiger partial charge in [-0.05, 0) is 56.2 Å². The standard InChI is InChI=1S/C17H23N5O/c1-13-9-10-14-6-4-5-11-22(15(14)12-13)17(23)8-3-2-7-16-18-20-21-19-16/h9-10,12H,2-8,11H2,1H3,(H,18,19,20,21). The summed E-state index contributed by atoms with van der Waals surface area (Å²) >= 11 is 0. The van der Waals surface area contributed by atoms with E-state index in [1.165, 1.54) is 11.1 Å². The van der Waals surface area contributed by atoms with Crippen molar-refractivity contribution in [1.29, 1.82) is 0 Å². The summed E-state index contributed by atoms with van der Waals surface area (Å²) in [6.07, 6.45) is 6.38. The number of nitrogens with zero attached hydrogens (tertiary/aromatic N) is 4. The Morgan fingerprint density at radius 1 is 1.30 bits per heavy atom. The van der Waals surface area contributed by atoms with Crippen molar-refractivity contribution in [2.45, 2.75) is 51.9 Å². The highest BCUT2D eigenvalue weighted by atomic mass is 16.2. The normalized spacial score (nSPS) is 14.4. The van der Waals surface area contributed by atoms with Gasteiger partial charge in [0.25, 0.3) is 0 Å². The average molecular weight is 313 g/mol. The van der Waals surface area contributed by atoms with Crippen molar-refractivity contribution < 1.29 is 4.79 Å². The van der Waals surface area contributed by atoms with Crippen molar-refractivity contribution in [3.8, 4) is 0 Å². The number of aryl methyl sites for hydroxylation is 3. The number of fused-ring (bicyclic) bond motifs is 1. The number of hydrogen-bond acceptors (Lipinski definition) is 4. The number of aromatic nitrogens is 4. The number of carbonyl (C=O) groups excluding carboxylic acids is 1. The van der Waals surface area contributed by atoms with Crippen LogP contribution >= 0.6 is 0 Å². The van der Waals surface area contributed by atoms with Gasteiger partial charge in [0, 0.05) is 25.1 Å². The number of carbonyl (C=O) groups is 1. The molecule has 0 bridgehead atoms. The number of aromatic amines is 1. The van der Waals surface area contributed by atoms with E-state index in [1.54, 1.807) is 0 Å². The first-order valence-corrected chi connectivity index (χ1v) is 8.36. The van der Waals surface area contributed by atoms with Gasteiger partial charge in [-0.25, -0.2) is 0 Å². The molecule has 0 fully saturated rings. The van der Waals surface area contributed by atoms with Crippen LogP contribution in [0.3, 0.4) is 0 Å². The molecule has 122 valence electrons. The number of tetrazole rings is 1. The second-order valence-corrected chi connectivity index (χ2v) is 6.17. The fourth-order valence-electron chi connectivity index (χ4n) is 3.08. The van der Waals surface area contributed by atoms with E-state index in [2.05, 4.69) is 45.7 Å². The van der Waals surface area contributed by atoms with Crippen LogP contribution in [0.25, 0.3) is 0 Å². The lowest BCUT2D eigenvalue weighted by Crippen LogP contribution is -2.31. The molecule has 1 aromatic carbocycles. The van der Waals surface area contributed by atoms with E-state index >= 15 is 0 Å². The number of H-pyrrole nitrogens is 1. The maximum atomic E-state index is 12.7. The van der Waals surface area contributed by atoms with Gasteiger partial charge in [0.2, 0.25) is 5.91 Å². The Morgan fingerprint density at radius 2 is 2.22 bits per heavy atom. The number of rotatable bonds is 5. The molecule has 1 aliphatic heterocycles. The fraction of sp³-hybridized carbons (Fsp3) is 0.529. The minimum Gasteiger partial charge on any atom is -0.312 e. The van der Waals surface area contributed by atoms with Crippen molar-refractivity contribution in [2.75, 3.05) is 11.4 Å². The average Bonchev–Trinajstić information content (AvgIpc) is 2.97. The Kier molecular flexibility index (Phi) is 5.00. The van der Waals surface area contributed by atoms with Crippen LogP contribution in [0.1, 0.15) is 49.1 Å². The quantitative estimate of drug-likeness (QED) is 0.861. The van der Waals surface area contributed by atoms with E-state index < -0.39 is 0 Å². The van der Waals surface area contributed by atoms with Gasteiger partial charge in [-0.3, -0.25) is 4.79 Å². The molecule has 6 heteroatoms. The lowest BCUT2D eigenvalue weighted by Gasteiger charge is -2.23. The number of amides is 1. The molecule has 0 aliphatic carbocycles. The highest BCUT2D eigenvalue weighted by Gasteiger charge is 2.20. The van der Waals surface area contributed by atoms with Crippen molar-refractivity contribution >= 4 is 11.6 Å². The topological polar surface area (TPSA) is 74.8 Å². The zero-order valence-corrected chi connectivity index (χ0v) is 13.6. The van der Waals surface area contributed by atoms with Crippen LogP contribution in [0.4, 0.5) is 5.69 Å². The Balaban J connectivity index is 1.59. The zero-order valence-electron chi connectivity index (χ0n) is 13.6. The van der Waals surface area contributed by atoms with E-state index in [0.29, 0.717) is 12.2 Å². The molecule has 1 amide bonds. The molecule has 0 atom stereocenters. The summed E-state index contributed by atoms with van der Waals surface area (Å²) in [7, 11) is 0. The molecule has 0 spiro atoms. The second kappa shape index (κ2) is 7.35. The molecular weight excluding hydrogens is 290 g/mol. The van der Waals surface area contributed by atoms with Crippen molar-refractivity contribution in [2.24, 2.45) is 0 Å². The molecule has 1 aliphatic rings. The van der Waals surface area contributed by atoms with Crippen LogP contribution in [-0.2, 0) is 17.6 Å². The molecule has 0 radical (unpaired) electrons. The minimum absolute atomic E-state index is 0.229. The molecule has 0 saturated heterocycles. The van der Waals surface area contributed by atoms with E-state index in [0.717, 1.165) is 50.8 Å². The van der Waals surface area contributed by atoms with Crippen LogP contribution in [0, 0.1) is 6.92 Å². The largest absolute Gasteiger partial charge is 0.312 e. The molecule has 2 aromatic rings. The van der Waals surface area contributed by atoms with Crippen LogP contribution in [0.2, 0.25) is 0 Å². The highest BCUT2D eigenvalue weighted by molar-refractivity contribution is 5.94. The van der Waals surface area contributed by atoms with Crippen LogP contribution in [0.5, 0.6) is 0 Å². The van der Waals surface area contributed by atoms with Gasteiger partial charge in [-0.1, -0.05) is 17.3 Å². The van der Waals surface area contributed by atoms with Crippen molar-refractivity contribution in [3.63, 3.8) is 0 Å². The molecule has 6 nitrogen and oxygen atoms in total. The fourth-order valence-corrected chi connectivity index (χ4v) is 3.08. The van der Waals surface area contributed by atoms with E-state index in [1.807, 2.05) is 4.90 Å². The highest BCUT2D eigenvalue weighted by Crippen LogP contribution is 2.28. The summed E-state index contributed by atoms with van der Waals surface area (Å²) in [5, 5.41) is 13.9. The summed E-state index contributed by atoms with van der Waals surface area (Å²) in [5.74, 6) is 0.944. The summed E-state index contributed by atoms with van der Waals surface area (Å²) in [5.41, 5.74) is 3.62. The van der Waals surface area contributed by atoms with Gasteiger partial charge in [0.05, 0.1) is 0 Å². The summed E-state index contributed by atoms with van der Waals surface area (Å²) < 4.78 is 0. The van der Waals surface area contributed by atoms with Crippen LogP contribution in [0.15, 0.2) is 18.2 Å². The first-order valence-electron chi connectivity index (χ1n) is 8.36. The number of unbranched alkanes of at least 4 members (excludes halogenated alkanes) is 1. The molecule has 2 heterocycles. The number of anilines is 1. The first-order chi connectivity index (χ1) is 11.2. The Labute approximate surface area is 136 Å². The van der Waals surface area contributed by atoms with Crippen LogP contribution < -0.4 is 4.90 Å². The smallest absolute Gasteiger partial charge is 0.226 e. The molecular formula is C17H23N5O.